The predicted molar refractivity (Wildman–Crippen MR) is 67.1 cm³/mol. The van der Waals surface area contributed by atoms with Crippen LogP contribution < -0.4 is 0 Å². The summed E-state index contributed by atoms with van der Waals surface area (Å²) in [5.74, 6) is 0.976. The van der Waals surface area contributed by atoms with E-state index in [0.29, 0.717) is 6.61 Å². The maximum Gasteiger partial charge on any atom is 0.146 e. The summed E-state index contributed by atoms with van der Waals surface area (Å²) in [6.45, 7) is 7.39. The van der Waals surface area contributed by atoms with Gasteiger partial charge >= 0.3 is 0 Å². The highest BCUT2D eigenvalue weighted by molar-refractivity contribution is 4.90. The summed E-state index contributed by atoms with van der Waals surface area (Å²) in [5.41, 5.74) is -0.153. The third-order valence-electron chi connectivity index (χ3n) is 3.07. The molecule has 1 aromatic rings. The number of aromatic nitrogens is 3. The first-order chi connectivity index (χ1) is 8.50. The molecule has 0 aromatic carbocycles. The molecular formula is C12H22N4O2. The Hall–Kier alpha value is -0.980. The summed E-state index contributed by atoms with van der Waals surface area (Å²) < 4.78 is 13.1. The van der Waals surface area contributed by atoms with Gasteiger partial charge in [-0.3, -0.25) is 4.90 Å². The van der Waals surface area contributed by atoms with Gasteiger partial charge < -0.3 is 14.0 Å². The average molecular weight is 254 g/mol. The van der Waals surface area contributed by atoms with Crippen molar-refractivity contribution in [1.82, 2.24) is 19.7 Å². The molecule has 1 saturated heterocycles. The normalized spacial score (nSPS) is 24.3. The highest BCUT2D eigenvalue weighted by Gasteiger charge is 2.33. The molecular weight excluding hydrogens is 232 g/mol. The van der Waals surface area contributed by atoms with Gasteiger partial charge in [0.05, 0.1) is 24.9 Å². The quantitative estimate of drug-likeness (QED) is 0.780. The average Bonchev–Trinajstić information content (AvgIpc) is 2.62. The lowest BCUT2D eigenvalue weighted by molar-refractivity contribution is -0.154. The van der Waals surface area contributed by atoms with Crippen LogP contribution in [-0.2, 0) is 23.1 Å². The molecule has 0 aliphatic carbocycles. The molecule has 2 rings (SSSR count). The van der Waals surface area contributed by atoms with Gasteiger partial charge in [0.2, 0.25) is 0 Å². The van der Waals surface area contributed by atoms with Crippen LogP contribution in [-0.4, -0.2) is 58.2 Å². The van der Waals surface area contributed by atoms with Gasteiger partial charge in [-0.2, -0.15) is 0 Å². The largest absolute Gasteiger partial charge is 0.382 e. The lowest BCUT2D eigenvalue weighted by atomic mass is 10.1. The van der Waals surface area contributed by atoms with Crippen molar-refractivity contribution in [2.75, 3.05) is 26.8 Å². The van der Waals surface area contributed by atoms with Crippen molar-refractivity contribution in [3.8, 4) is 0 Å². The van der Waals surface area contributed by atoms with E-state index in [2.05, 4.69) is 28.9 Å². The van der Waals surface area contributed by atoms with E-state index >= 15 is 0 Å². The van der Waals surface area contributed by atoms with Gasteiger partial charge in [0, 0.05) is 27.2 Å². The van der Waals surface area contributed by atoms with E-state index in [4.69, 9.17) is 9.47 Å². The molecule has 0 unspecified atom stereocenters. The first-order valence-electron chi connectivity index (χ1n) is 6.22. The number of rotatable bonds is 4. The summed E-state index contributed by atoms with van der Waals surface area (Å²) in [6.07, 6.45) is 1.85. The number of nitrogens with zero attached hydrogens (tertiary/aromatic N) is 4. The molecule has 2 heterocycles. The van der Waals surface area contributed by atoms with Crippen LogP contribution in [0.5, 0.6) is 0 Å². The topological polar surface area (TPSA) is 52.4 Å². The SMILES string of the molecule is COC[C@H]1CN(Cc2nncn2C)CC(C)(C)O1. The third kappa shape index (κ3) is 3.28. The van der Waals surface area contributed by atoms with Crippen molar-refractivity contribution in [3.05, 3.63) is 12.2 Å². The first kappa shape index (κ1) is 13.5. The third-order valence-corrected chi connectivity index (χ3v) is 3.07. The number of ether oxygens (including phenoxy) is 2. The summed E-state index contributed by atoms with van der Waals surface area (Å²) in [4.78, 5) is 2.34. The summed E-state index contributed by atoms with van der Waals surface area (Å²) in [5, 5.41) is 8.04. The second-order valence-electron chi connectivity index (χ2n) is 5.48. The zero-order valence-electron chi connectivity index (χ0n) is 11.6. The van der Waals surface area contributed by atoms with Crippen molar-refractivity contribution >= 4 is 0 Å². The van der Waals surface area contributed by atoms with Crippen LogP contribution >= 0.6 is 0 Å². The minimum absolute atomic E-state index is 0.118. The van der Waals surface area contributed by atoms with Crippen LogP contribution in [0.25, 0.3) is 0 Å². The molecule has 0 radical (unpaired) electrons. The Morgan fingerprint density at radius 1 is 1.56 bits per heavy atom. The second kappa shape index (κ2) is 5.34. The molecule has 1 fully saturated rings. The highest BCUT2D eigenvalue weighted by atomic mass is 16.5. The second-order valence-corrected chi connectivity index (χ2v) is 5.48. The number of hydrogen-bond donors (Lipinski definition) is 0. The smallest absolute Gasteiger partial charge is 0.146 e. The Balaban J connectivity index is 2.01. The van der Waals surface area contributed by atoms with Crippen LogP contribution in [0.2, 0.25) is 0 Å². The number of hydrogen-bond acceptors (Lipinski definition) is 5. The van der Waals surface area contributed by atoms with Crippen LogP contribution in [0, 0.1) is 0 Å². The molecule has 1 aromatic heterocycles. The van der Waals surface area contributed by atoms with Crippen molar-refractivity contribution in [3.63, 3.8) is 0 Å². The zero-order valence-corrected chi connectivity index (χ0v) is 11.6. The van der Waals surface area contributed by atoms with Gasteiger partial charge in [0.15, 0.2) is 0 Å². The van der Waals surface area contributed by atoms with E-state index in [9.17, 15) is 0 Å². The van der Waals surface area contributed by atoms with Crippen molar-refractivity contribution < 1.29 is 9.47 Å². The van der Waals surface area contributed by atoms with Crippen molar-refractivity contribution in [2.45, 2.75) is 32.1 Å². The Morgan fingerprint density at radius 2 is 2.33 bits per heavy atom. The van der Waals surface area contributed by atoms with Gasteiger partial charge in [-0.15, -0.1) is 10.2 Å². The van der Waals surface area contributed by atoms with E-state index in [1.807, 2.05) is 11.6 Å². The fourth-order valence-electron chi connectivity index (χ4n) is 2.46. The van der Waals surface area contributed by atoms with Gasteiger partial charge in [-0.05, 0) is 13.8 Å². The molecule has 0 amide bonds. The zero-order chi connectivity index (χ0) is 13.2. The monoisotopic (exact) mass is 254 g/mol. The minimum atomic E-state index is -0.153. The minimum Gasteiger partial charge on any atom is -0.382 e. The lowest BCUT2D eigenvalue weighted by Gasteiger charge is -2.42. The van der Waals surface area contributed by atoms with Gasteiger partial charge in [-0.25, -0.2) is 0 Å². The molecule has 0 spiro atoms. The lowest BCUT2D eigenvalue weighted by Crippen LogP contribution is -2.53. The van der Waals surface area contributed by atoms with E-state index in [1.54, 1.807) is 13.4 Å². The number of aryl methyl sites for hydroxylation is 1. The molecule has 102 valence electrons. The molecule has 18 heavy (non-hydrogen) atoms. The highest BCUT2D eigenvalue weighted by Crippen LogP contribution is 2.22. The molecule has 1 atom stereocenters. The molecule has 6 heteroatoms. The van der Waals surface area contributed by atoms with Gasteiger partial charge in [-0.1, -0.05) is 0 Å². The van der Waals surface area contributed by atoms with Crippen LogP contribution in [0.15, 0.2) is 6.33 Å². The Labute approximate surface area is 108 Å². The number of methoxy groups -OCH3 is 1. The summed E-state index contributed by atoms with van der Waals surface area (Å²) in [6, 6.07) is 0. The molecule has 6 nitrogen and oxygen atoms in total. The molecule has 0 bridgehead atoms. The molecule has 0 saturated carbocycles. The van der Waals surface area contributed by atoms with Gasteiger partial charge in [0.25, 0.3) is 0 Å². The predicted octanol–water partition coefficient (Wildman–Crippen LogP) is 0.441. The first-order valence-corrected chi connectivity index (χ1v) is 6.22. The maximum atomic E-state index is 5.98. The van der Waals surface area contributed by atoms with E-state index in [0.717, 1.165) is 25.5 Å². The standard InChI is InChI=1S/C12H22N4O2/c1-12(2)8-16(5-10(18-12)7-17-4)6-11-14-13-9-15(11)3/h9-10H,5-8H2,1-4H3/t10-/m1/s1. The summed E-state index contributed by atoms with van der Waals surface area (Å²) >= 11 is 0. The maximum absolute atomic E-state index is 5.98. The van der Waals surface area contributed by atoms with Gasteiger partial charge in [0.1, 0.15) is 12.2 Å². The van der Waals surface area contributed by atoms with Crippen molar-refractivity contribution in [1.29, 1.82) is 0 Å². The molecule has 0 N–H and O–H groups in total. The van der Waals surface area contributed by atoms with Crippen LogP contribution in [0.1, 0.15) is 19.7 Å². The van der Waals surface area contributed by atoms with Crippen LogP contribution in [0.3, 0.4) is 0 Å². The molecule has 1 aliphatic rings. The van der Waals surface area contributed by atoms with E-state index in [-0.39, 0.29) is 11.7 Å². The summed E-state index contributed by atoms with van der Waals surface area (Å²) in [7, 11) is 3.67. The van der Waals surface area contributed by atoms with Crippen molar-refractivity contribution in [2.24, 2.45) is 7.05 Å². The Bertz CT molecular complexity index is 391. The fourth-order valence-corrected chi connectivity index (χ4v) is 2.46. The van der Waals surface area contributed by atoms with E-state index < -0.39 is 0 Å². The van der Waals surface area contributed by atoms with E-state index in [1.165, 1.54) is 0 Å². The molecule has 1 aliphatic heterocycles. The Kier molecular flexibility index (Phi) is 3.99. The van der Waals surface area contributed by atoms with Crippen LogP contribution in [0.4, 0.5) is 0 Å². The number of morpholine rings is 1. The Morgan fingerprint density at radius 3 is 2.94 bits per heavy atom. The fraction of sp³-hybridized carbons (Fsp3) is 0.833.